The summed E-state index contributed by atoms with van der Waals surface area (Å²) in [7, 11) is 1.59. The van der Waals surface area contributed by atoms with Crippen molar-refractivity contribution in [3.63, 3.8) is 0 Å². The van der Waals surface area contributed by atoms with E-state index in [1.54, 1.807) is 13.2 Å². The minimum Gasteiger partial charge on any atom is -0.497 e. The van der Waals surface area contributed by atoms with E-state index in [-0.39, 0.29) is 30.5 Å². The first-order chi connectivity index (χ1) is 16.4. The molecule has 0 aliphatic rings. The lowest BCUT2D eigenvalue weighted by Gasteiger charge is -2.22. The number of non-ortho nitro benzene ring substituents is 1. The normalized spacial score (nSPS) is 11.6. The molecule has 0 aliphatic carbocycles. The molecule has 36 heavy (non-hydrogen) atoms. The predicted molar refractivity (Wildman–Crippen MR) is 149 cm³/mol. The van der Waals surface area contributed by atoms with Crippen LogP contribution in [0.5, 0.6) is 5.75 Å². The van der Waals surface area contributed by atoms with Crippen LogP contribution in [0.2, 0.25) is 0 Å². The van der Waals surface area contributed by atoms with Gasteiger partial charge in [0.05, 0.1) is 34.9 Å². The van der Waals surface area contributed by atoms with E-state index in [4.69, 9.17) is 4.74 Å². The van der Waals surface area contributed by atoms with Gasteiger partial charge in [-0.3, -0.25) is 10.1 Å². The van der Waals surface area contributed by atoms with Gasteiger partial charge >= 0.3 is 0 Å². The Bertz CT molecular complexity index is 1330. The standard InChI is InChI=1S/C26H28N4O4.2ClH/c1-4-29(5-2)16-25(31)17-6-8-18(9-7-17)27-26-21-12-10-19(30(32)33)14-23(21)28-24-15-20(34-3)11-13-22(24)26;;/h6-15,25,31H,4-5,16H2,1-3H3,(H,27,28);2*1H. The SMILES string of the molecule is CCN(CC)CC(O)c1ccc(Nc2c3ccc(OC)cc3nc3cc([N+](=O)[O-])ccc23)cc1.Cl.Cl. The third-order valence-electron chi connectivity index (χ3n) is 6.07. The number of nitrogens with one attached hydrogen (secondary N) is 1. The number of pyridine rings is 1. The molecule has 8 nitrogen and oxygen atoms in total. The summed E-state index contributed by atoms with van der Waals surface area (Å²) >= 11 is 0. The molecule has 1 aromatic heterocycles. The van der Waals surface area contributed by atoms with Crippen LogP contribution in [0.1, 0.15) is 25.5 Å². The lowest BCUT2D eigenvalue weighted by molar-refractivity contribution is -0.384. The first-order valence-electron chi connectivity index (χ1n) is 11.3. The van der Waals surface area contributed by atoms with Gasteiger partial charge in [-0.25, -0.2) is 4.98 Å². The number of rotatable bonds is 9. The maximum absolute atomic E-state index is 11.3. The minimum atomic E-state index is -0.565. The van der Waals surface area contributed by atoms with Crippen LogP contribution in [-0.2, 0) is 0 Å². The average molecular weight is 533 g/mol. The Balaban J connectivity index is 0.00000228. The molecule has 1 heterocycles. The van der Waals surface area contributed by atoms with Crippen molar-refractivity contribution in [2.45, 2.75) is 20.0 Å². The fourth-order valence-corrected chi connectivity index (χ4v) is 4.05. The fourth-order valence-electron chi connectivity index (χ4n) is 4.05. The second-order valence-corrected chi connectivity index (χ2v) is 8.08. The van der Waals surface area contributed by atoms with Crippen molar-refractivity contribution < 1.29 is 14.8 Å². The Hall–Kier alpha value is -3.17. The summed E-state index contributed by atoms with van der Waals surface area (Å²) in [6.45, 7) is 6.52. The number of ether oxygens (including phenoxy) is 1. The van der Waals surface area contributed by atoms with Gasteiger partial charge in [0.1, 0.15) is 5.75 Å². The Morgan fingerprint density at radius 3 is 2.19 bits per heavy atom. The molecule has 0 saturated carbocycles. The van der Waals surface area contributed by atoms with Crippen molar-refractivity contribution in [2.24, 2.45) is 0 Å². The van der Waals surface area contributed by atoms with E-state index >= 15 is 0 Å². The minimum absolute atomic E-state index is 0. The molecule has 10 heteroatoms. The van der Waals surface area contributed by atoms with Crippen LogP contribution in [0.15, 0.2) is 60.7 Å². The number of nitro groups is 1. The molecule has 1 atom stereocenters. The number of benzene rings is 3. The highest BCUT2D eigenvalue weighted by atomic mass is 35.5. The Labute approximate surface area is 222 Å². The second kappa shape index (κ2) is 12.7. The highest BCUT2D eigenvalue weighted by Crippen LogP contribution is 2.36. The van der Waals surface area contributed by atoms with Gasteiger partial charge in [0.2, 0.25) is 0 Å². The van der Waals surface area contributed by atoms with Crippen LogP contribution in [0.3, 0.4) is 0 Å². The summed E-state index contributed by atoms with van der Waals surface area (Å²) in [5.74, 6) is 0.655. The van der Waals surface area contributed by atoms with E-state index in [1.807, 2.05) is 42.5 Å². The molecular weight excluding hydrogens is 503 g/mol. The summed E-state index contributed by atoms with van der Waals surface area (Å²) in [5, 5.41) is 27.0. The van der Waals surface area contributed by atoms with Crippen molar-refractivity contribution >= 4 is 63.7 Å². The van der Waals surface area contributed by atoms with Crippen molar-refractivity contribution in [2.75, 3.05) is 32.1 Å². The van der Waals surface area contributed by atoms with Crippen molar-refractivity contribution in [3.05, 3.63) is 76.3 Å². The summed E-state index contributed by atoms with van der Waals surface area (Å²) in [6.07, 6.45) is -0.565. The number of hydrogen-bond donors (Lipinski definition) is 2. The molecule has 0 bridgehead atoms. The van der Waals surface area contributed by atoms with E-state index in [0.717, 1.165) is 40.8 Å². The predicted octanol–water partition coefficient (Wildman–Crippen LogP) is 6.27. The lowest BCUT2D eigenvalue weighted by atomic mass is 10.1. The number of aliphatic hydroxyl groups is 1. The number of aromatic nitrogens is 1. The second-order valence-electron chi connectivity index (χ2n) is 8.08. The number of hydrogen-bond acceptors (Lipinski definition) is 7. The maximum Gasteiger partial charge on any atom is 0.271 e. The smallest absolute Gasteiger partial charge is 0.271 e. The van der Waals surface area contributed by atoms with Crippen LogP contribution in [0.4, 0.5) is 17.1 Å². The number of aliphatic hydroxyl groups excluding tert-OH is 1. The summed E-state index contributed by atoms with van der Waals surface area (Å²) in [6, 6.07) is 17.9. The van der Waals surface area contributed by atoms with Gasteiger partial charge in [0, 0.05) is 41.2 Å². The van der Waals surface area contributed by atoms with Crippen molar-refractivity contribution in [1.82, 2.24) is 9.88 Å². The maximum atomic E-state index is 11.3. The van der Waals surface area contributed by atoms with Gasteiger partial charge in [0.15, 0.2) is 0 Å². The van der Waals surface area contributed by atoms with Crippen molar-refractivity contribution in [3.8, 4) is 5.75 Å². The van der Waals surface area contributed by atoms with Crippen molar-refractivity contribution in [1.29, 1.82) is 0 Å². The third-order valence-corrected chi connectivity index (χ3v) is 6.07. The molecular formula is C26H30Cl2N4O4. The molecule has 0 spiro atoms. The van der Waals surface area contributed by atoms with Crippen LogP contribution >= 0.6 is 24.8 Å². The average Bonchev–Trinajstić information content (AvgIpc) is 2.86. The number of nitro benzene ring substituents is 1. The van der Waals surface area contributed by atoms with Crippen LogP contribution in [0.25, 0.3) is 21.8 Å². The quantitative estimate of drug-likeness (QED) is 0.149. The largest absolute Gasteiger partial charge is 0.497 e. The van der Waals surface area contributed by atoms with Gasteiger partial charge < -0.3 is 20.1 Å². The molecule has 192 valence electrons. The first kappa shape index (κ1) is 29.1. The van der Waals surface area contributed by atoms with Gasteiger partial charge in [-0.05, 0) is 49.0 Å². The van der Waals surface area contributed by atoms with Gasteiger partial charge in [-0.15, -0.1) is 24.8 Å². The number of halogens is 2. The van der Waals surface area contributed by atoms with E-state index < -0.39 is 11.0 Å². The highest BCUT2D eigenvalue weighted by Gasteiger charge is 2.15. The lowest BCUT2D eigenvalue weighted by Crippen LogP contribution is -2.28. The van der Waals surface area contributed by atoms with E-state index in [0.29, 0.717) is 23.3 Å². The zero-order valence-electron chi connectivity index (χ0n) is 20.3. The number of likely N-dealkylation sites (N-methyl/N-ethyl adjacent to an activating group) is 1. The van der Waals surface area contributed by atoms with E-state index in [9.17, 15) is 15.2 Å². The molecule has 0 amide bonds. The van der Waals surface area contributed by atoms with Gasteiger partial charge in [-0.2, -0.15) is 0 Å². The zero-order valence-corrected chi connectivity index (χ0v) is 21.9. The molecule has 4 aromatic rings. The molecule has 3 aromatic carbocycles. The first-order valence-corrected chi connectivity index (χ1v) is 11.3. The molecule has 2 N–H and O–H groups in total. The van der Waals surface area contributed by atoms with E-state index in [1.165, 1.54) is 12.1 Å². The Morgan fingerprint density at radius 1 is 1.00 bits per heavy atom. The van der Waals surface area contributed by atoms with Crippen LogP contribution in [0, 0.1) is 10.1 Å². The zero-order chi connectivity index (χ0) is 24.2. The van der Waals surface area contributed by atoms with Crippen LogP contribution in [-0.4, -0.2) is 46.7 Å². The molecule has 0 radical (unpaired) electrons. The fraction of sp³-hybridized carbons (Fsp3) is 0.269. The Kier molecular flexibility index (Phi) is 10.2. The Morgan fingerprint density at radius 2 is 1.61 bits per heavy atom. The van der Waals surface area contributed by atoms with Gasteiger partial charge in [0.25, 0.3) is 5.69 Å². The third kappa shape index (κ3) is 6.14. The van der Waals surface area contributed by atoms with Gasteiger partial charge in [-0.1, -0.05) is 26.0 Å². The number of fused-ring (bicyclic) bond motifs is 2. The number of anilines is 2. The molecule has 4 rings (SSSR count). The summed E-state index contributed by atoms with van der Waals surface area (Å²) < 4.78 is 5.34. The summed E-state index contributed by atoms with van der Waals surface area (Å²) in [5.41, 5.74) is 3.66. The monoisotopic (exact) mass is 532 g/mol. The van der Waals surface area contributed by atoms with Crippen LogP contribution < -0.4 is 10.1 Å². The number of nitrogens with zero attached hydrogens (tertiary/aromatic N) is 3. The molecule has 0 fully saturated rings. The van der Waals surface area contributed by atoms with E-state index in [2.05, 4.69) is 29.0 Å². The highest BCUT2D eigenvalue weighted by molar-refractivity contribution is 6.09. The molecule has 0 aliphatic heterocycles. The number of methoxy groups -OCH3 is 1. The molecule has 0 saturated heterocycles. The molecule has 1 unspecified atom stereocenters. The summed E-state index contributed by atoms with van der Waals surface area (Å²) in [4.78, 5) is 17.7. The topological polar surface area (TPSA) is 101 Å².